The molecule has 1 aliphatic rings. The van der Waals surface area contributed by atoms with E-state index in [1.54, 1.807) is 42.5 Å². The van der Waals surface area contributed by atoms with Gasteiger partial charge in [-0.25, -0.2) is 0 Å². The van der Waals surface area contributed by atoms with E-state index in [0.29, 0.717) is 5.56 Å². The molecule has 2 aromatic carbocycles. The Labute approximate surface area is 171 Å². The van der Waals surface area contributed by atoms with Gasteiger partial charge < -0.3 is 19.7 Å². The summed E-state index contributed by atoms with van der Waals surface area (Å²) in [7, 11) is 1.42. The normalized spacial score (nSPS) is 16.5. The largest absolute Gasteiger partial charge is 0.548 e. The number of amides is 1. The number of phenolic OH excluding ortho intramolecular Hbond substituents is 1. The first-order valence-electron chi connectivity index (χ1n) is 8.29. The zero-order chi connectivity index (χ0) is 20.3. The number of hydrogen-bond acceptors (Lipinski definition) is 7. The average molecular weight is 414 g/mol. The van der Waals surface area contributed by atoms with Crippen LogP contribution >= 0.6 is 24.0 Å². The van der Waals surface area contributed by atoms with Crippen molar-refractivity contribution in [3.63, 3.8) is 0 Å². The molecule has 1 fully saturated rings. The summed E-state index contributed by atoms with van der Waals surface area (Å²) in [6.45, 7) is 0. The third-order valence-corrected chi connectivity index (χ3v) is 5.51. The van der Waals surface area contributed by atoms with E-state index >= 15 is 0 Å². The van der Waals surface area contributed by atoms with Crippen LogP contribution in [0, 0.1) is 0 Å². The molecular formula is C20H16NO5S2-. The predicted molar refractivity (Wildman–Crippen MR) is 109 cm³/mol. The zero-order valence-electron chi connectivity index (χ0n) is 14.8. The lowest BCUT2D eigenvalue weighted by Gasteiger charge is -2.27. The molecule has 1 aliphatic heterocycles. The fraction of sp³-hybridized carbons (Fsp3) is 0.150. The van der Waals surface area contributed by atoms with Crippen molar-refractivity contribution in [1.82, 2.24) is 4.90 Å². The first-order valence-corrected chi connectivity index (χ1v) is 9.52. The number of aromatic hydroxyl groups is 1. The fourth-order valence-electron chi connectivity index (χ4n) is 2.80. The van der Waals surface area contributed by atoms with Crippen LogP contribution in [0.15, 0.2) is 53.4 Å². The predicted octanol–water partition coefficient (Wildman–Crippen LogP) is 1.96. The number of carbonyl (C=O) groups is 2. The number of carbonyl (C=O) groups excluding carboxylic acids is 2. The van der Waals surface area contributed by atoms with E-state index in [0.717, 1.165) is 22.2 Å². The maximum Gasteiger partial charge on any atom is 0.266 e. The molecule has 1 saturated heterocycles. The lowest BCUT2D eigenvalue weighted by molar-refractivity contribution is -0.310. The highest BCUT2D eigenvalue weighted by atomic mass is 32.2. The summed E-state index contributed by atoms with van der Waals surface area (Å²) in [6, 6.07) is 12.4. The minimum absolute atomic E-state index is 0.0212. The minimum Gasteiger partial charge on any atom is -0.548 e. The van der Waals surface area contributed by atoms with Gasteiger partial charge in [0.05, 0.1) is 24.0 Å². The number of rotatable bonds is 6. The van der Waals surface area contributed by atoms with E-state index in [4.69, 9.17) is 17.0 Å². The van der Waals surface area contributed by atoms with Crippen LogP contribution in [0.3, 0.4) is 0 Å². The zero-order valence-corrected chi connectivity index (χ0v) is 16.5. The molecular weight excluding hydrogens is 398 g/mol. The molecule has 1 atom stereocenters. The molecule has 0 saturated carbocycles. The number of aliphatic carboxylic acids is 1. The van der Waals surface area contributed by atoms with Gasteiger partial charge in [0.2, 0.25) is 0 Å². The average Bonchev–Trinajstić information content (AvgIpc) is 2.95. The van der Waals surface area contributed by atoms with Gasteiger partial charge in [-0.3, -0.25) is 9.69 Å². The Bertz CT molecular complexity index is 958. The molecule has 1 heterocycles. The van der Waals surface area contributed by atoms with Gasteiger partial charge >= 0.3 is 0 Å². The Kier molecular flexibility index (Phi) is 6.01. The molecule has 1 amide bonds. The molecule has 1 N–H and O–H groups in total. The number of phenols is 1. The van der Waals surface area contributed by atoms with Crippen molar-refractivity contribution in [3.8, 4) is 11.5 Å². The topological polar surface area (TPSA) is 89.9 Å². The Morgan fingerprint density at radius 2 is 2.04 bits per heavy atom. The summed E-state index contributed by atoms with van der Waals surface area (Å²) < 4.78 is 5.22. The van der Waals surface area contributed by atoms with E-state index in [9.17, 15) is 19.8 Å². The van der Waals surface area contributed by atoms with Crippen molar-refractivity contribution in [2.45, 2.75) is 12.5 Å². The molecule has 28 heavy (non-hydrogen) atoms. The lowest BCUT2D eigenvalue weighted by Crippen LogP contribution is -2.51. The number of benzene rings is 2. The number of thiocarbonyl (C=S) groups is 1. The van der Waals surface area contributed by atoms with Gasteiger partial charge in [0, 0.05) is 0 Å². The summed E-state index contributed by atoms with van der Waals surface area (Å²) in [5, 5.41) is 21.4. The molecule has 144 valence electrons. The fourth-order valence-corrected chi connectivity index (χ4v) is 4.16. The number of thioether (sulfide) groups is 1. The van der Waals surface area contributed by atoms with E-state index < -0.39 is 17.9 Å². The van der Waals surface area contributed by atoms with Crippen LogP contribution in [0.25, 0.3) is 6.08 Å². The standard InChI is InChI=1S/C20H17NO5S2/c1-26-16-10-13(7-8-15(16)22)11-17-18(23)21(20(27)28-17)14(19(24)25)9-12-5-3-2-4-6-12/h2-8,10-11,14,22H,9H2,1H3,(H,24,25)/p-1/b17-11+/t14-/m1/s1. The van der Waals surface area contributed by atoms with Crippen LogP contribution in [-0.4, -0.2) is 39.4 Å². The van der Waals surface area contributed by atoms with Gasteiger partial charge in [-0.05, 0) is 35.8 Å². The highest BCUT2D eigenvalue weighted by molar-refractivity contribution is 8.26. The summed E-state index contributed by atoms with van der Waals surface area (Å²) >= 11 is 6.29. The van der Waals surface area contributed by atoms with Gasteiger partial charge in [-0.15, -0.1) is 0 Å². The van der Waals surface area contributed by atoms with E-state index in [1.165, 1.54) is 13.2 Å². The number of hydrogen-bond donors (Lipinski definition) is 1. The quantitative estimate of drug-likeness (QED) is 0.571. The molecule has 0 aromatic heterocycles. The lowest BCUT2D eigenvalue weighted by atomic mass is 10.0. The van der Waals surface area contributed by atoms with Crippen LogP contribution in [0.1, 0.15) is 11.1 Å². The Balaban J connectivity index is 1.88. The molecule has 3 rings (SSSR count). The number of carboxylic acids is 1. The van der Waals surface area contributed by atoms with Crippen molar-refractivity contribution in [2.75, 3.05) is 7.11 Å². The van der Waals surface area contributed by atoms with Crippen molar-refractivity contribution in [3.05, 3.63) is 64.6 Å². The van der Waals surface area contributed by atoms with E-state index in [2.05, 4.69) is 0 Å². The summed E-state index contributed by atoms with van der Waals surface area (Å²) in [5.74, 6) is -1.62. The molecule has 8 heteroatoms. The first kappa shape index (κ1) is 19.9. The summed E-state index contributed by atoms with van der Waals surface area (Å²) in [5.41, 5.74) is 1.38. The third kappa shape index (κ3) is 4.18. The molecule has 0 radical (unpaired) electrons. The Morgan fingerprint density at radius 1 is 1.32 bits per heavy atom. The summed E-state index contributed by atoms with van der Waals surface area (Å²) in [6.07, 6.45) is 1.67. The van der Waals surface area contributed by atoms with Crippen molar-refractivity contribution >= 4 is 46.3 Å². The van der Waals surface area contributed by atoms with Crippen molar-refractivity contribution < 1.29 is 24.5 Å². The van der Waals surface area contributed by atoms with Crippen LogP contribution < -0.4 is 9.84 Å². The molecule has 0 unspecified atom stereocenters. The molecule has 6 nitrogen and oxygen atoms in total. The highest BCUT2D eigenvalue weighted by Gasteiger charge is 2.37. The second kappa shape index (κ2) is 8.45. The number of nitrogens with zero attached hydrogens (tertiary/aromatic N) is 1. The Morgan fingerprint density at radius 3 is 2.68 bits per heavy atom. The maximum atomic E-state index is 12.9. The second-order valence-electron chi connectivity index (χ2n) is 6.01. The summed E-state index contributed by atoms with van der Waals surface area (Å²) in [4.78, 5) is 26.0. The molecule has 0 bridgehead atoms. The van der Waals surface area contributed by atoms with Gasteiger partial charge in [0.15, 0.2) is 11.5 Å². The van der Waals surface area contributed by atoms with Crippen molar-refractivity contribution in [2.24, 2.45) is 0 Å². The van der Waals surface area contributed by atoms with Gasteiger partial charge in [0.25, 0.3) is 5.91 Å². The van der Waals surface area contributed by atoms with Crippen LogP contribution in [-0.2, 0) is 16.0 Å². The molecule has 0 spiro atoms. The third-order valence-electron chi connectivity index (χ3n) is 4.18. The van der Waals surface area contributed by atoms with E-state index in [-0.39, 0.29) is 27.1 Å². The van der Waals surface area contributed by atoms with Gasteiger partial charge in [-0.1, -0.05) is 60.4 Å². The molecule has 2 aromatic rings. The van der Waals surface area contributed by atoms with Gasteiger partial charge in [0.1, 0.15) is 4.32 Å². The van der Waals surface area contributed by atoms with Crippen LogP contribution in [0.2, 0.25) is 0 Å². The smallest absolute Gasteiger partial charge is 0.266 e. The number of carboxylic acid groups (broad SMARTS) is 1. The second-order valence-corrected chi connectivity index (χ2v) is 7.68. The monoisotopic (exact) mass is 414 g/mol. The SMILES string of the molecule is COc1cc(/C=C2/SC(=S)N([C@H](Cc3ccccc3)C(=O)[O-])C2=O)ccc1O. The van der Waals surface area contributed by atoms with Crippen LogP contribution in [0.5, 0.6) is 11.5 Å². The van der Waals surface area contributed by atoms with Crippen molar-refractivity contribution in [1.29, 1.82) is 0 Å². The Hall–Kier alpha value is -2.84. The number of ether oxygens (including phenoxy) is 1. The number of methoxy groups -OCH3 is 1. The minimum atomic E-state index is -1.37. The van der Waals surface area contributed by atoms with Gasteiger partial charge in [-0.2, -0.15) is 0 Å². The maximum absolute atomic E-state index is 12.9. The molecule has 0 aliphatic carbocycles. The van der Waals surface area contributed by atoms with Crippen LogP contribution in [0.4, 0.5) is 0 Å². The first-order chi connectivity index (χ1) is 13.4. The highest BCUT2D eigenvalue weighted by Crippen LogP contribution is 2.36. The van der Waals surface area contributed by atoms with E-state index in [1.807, 2.05) is 6.07 Å².